The first-order chi connectivity index (χ1) is 19.1. The molecule has 1 N–H and O–H groups in total. The normalized spacial score (nSPS) is 15.2. The molecule has 1 saturated heterocycles. The van der Waals surface area contributed by atoms with Crippen LogP contribution in [0.5, 0.6) is 11.5 Å². The molecule has 0 amide bonds. The summed E-state index contributed by atoms with van der Waals surface area (Å²) in [5.74, 6) is 1.27. The van der Waals surface area contributed by atoms with Gasteiger partial charge in [0.15, 0.2) is 0 Å². The third-order valence-corrected chi connectivity index (χ3v) is 7.60. The van der Waals surface area contributed by atoms with Crippen molar-refractivity contribution in [1.29, 1.82) is 0 Å². The lowest BCUT2D eigenvalue weighted by atomic mass is 9.97. The van der Waals surface area contributed by atoms with Crippen LogP contribution in [0, 0.1) is 0 Å². The Morgan fingerprint density at radius 1 is 0.949 bits per heavy atom. The summed E-state index contributed by atoms with van der Waals surface area (Å²) in [5.41, 5.74) is 7.11. The zero-order chi connectivity index (χ0) is 26.8. The van der Waals surface area contributed by atoms with E-state index in [2.05, 4.69) is 68.4 Å². The Morgan fingerprint density at radius 2 is 1.74 bits per heavy atom. The number of anilines is 1. The van der Waals surface area contributed by atoms with Crippen molar-refractivity contribution in [1.82, 2.24) is 19.7 Å². The molecule has 0 bridgehead atoms. The average molecular weight is 540 g/mol. The molecule has 6 rings (SSSR count). The van der Waals surface area contributed by atoms with E-state index in [0.29, 0.717) is 22.6 Å². The summed E-state index contributed by atoms with van der Waals surface area (Å²) >= 11 is 6.50. The van der Waals surface area contributed by atoms with E-state index >= 15 is 0 Å². The molecule has 0 radical (unpaired) electrons. The smallest absolute Gasteiger partial charge is 0.141 e. The highest BCUT2D eigenvalue weighted by atomic mass is 35.5. The summed E-state index contributed by atoms with van der Waals surface area (Å²) in [6, 6.07) is 20.8. The maximum atomic E-state index is 6.50. The van der Waals surface area contributed by atoms with E-state index in [-0.39, 0.29) is 0 Å². The monoisotopic (exact) mass is 539 g/mol. The van der Waals surface area contributed by atoms with Crippen molar-refractivity contribution in [3.8, 4) is 33.9 Å². The fourth-order valence-electron chi connectivity index (χ4n) is 5.23. The molecule has 8 heteroatoms. The summed E-state index contributed by atoms with van der Waals surface area (Å²) in [6.07, 6.45) is 8.94. The molecule has 3 aromatic heterocycles. The highest BCUT2D eigenvalue weighted by Gasteiger charge is 2.23. The van der Waals surface area contributed by atoms with Crippen LogP contribution in [0.4, 0.5) is 5.69 Å². The van der Waals surface area contributed by atoms with Gasteiger partial charge in [-0.15, -0.1) is 0 Å². The van der Waals surface area contributed by atoms with Crippen molar-refractivity contribution in [2.75, 3.05) is 32.2 Å². The number of fused-ring (bicyclic) bond motifs is 1. The first-order valence-corrected chi connectivity index (χ1v) is 13.4. The van der Waals surface area contributed by atoms with Crippen molar-refractivity contribution in [3.05, 3.63) is 96.0 Å². The third kappa shape index (κ3) is 5.15. The van der Waals surface area contributed by atoms with E-state index in [9.17, 15) is 0 Å². The number of imidazole rings is 1. The van der Waals surface area contributed by atoms with Gasteiger partial charge in [-0.1, -0.05) is 35.9 Å². The number of nitrogens with zero attached hydrogens (tertiary/aromatic N) is 4. The molecule has 1 aliphatic heterocycles. The lowest BCUT2D eigenvalue weighted by Gasteiger charge is -2.19. The van der Waals surface area contributed by atoms with Gasteiger partial charge in [0.1, 0.15) is 17.1 Å². The molecule has 0 spiro atoms. The van der Waals surface area contributed by atoms with Crippen LogP contribution in [0.1, 0.15) is 12.0 Å². The molecule has 2 aromatic carbocycles. The van der Waals surface area contributed by atoms with Gasteiger partial charge in [0.05, 0.1) is 24.9 Å². The minimum atomic E-state index is 0.447. The number of hydrogen-bond donors (Lipinski definition) is 1. The van der Waals surface area contributed by atoms with E-state index in [1.54, 1.807) is 14.2 Å². The summed E-state index contributed by atoms with van der Waals surface area (Å²) in [5, 5.41) is 4.21. The van der Waals surface area contributed by atoms with Gasteiger partial charge >= 0.3 is 0 Å². The largest absolute Gasteiger partial charge is 0.496 e. The quantitative estimate of drug-likeness (QED) is 0.257. The van der Waals surface area contributed by atoms with Crippen LogP contribution >= 0.6 is 11.6 Å². The van der Waals surface area contributed by atoms with Crippen LogP contribution in [0.2, 0.25) is 5.02 Å². The predicted molar refractivity (Wildman–Crippen MR) is 156 cm³/mol. The van der Waals surface area contributed by atoms with E-state index in [1.807, 2.05) is 36.7 Å². The van der Waals surface area contributed by atoms with Crippen LogP contribution in [-0.4, -0.2) is 47.7 Å². The Kier molecular flexibility index (Phi) is 7.09. The second-order valence-corrected chi connectivity index (χ2v) is 10.1. The average Bonchev–Trinajstić information content (AvgIpc) is 3.63. The molecule has 1 atom stereocenters. The summed E-state index contributed by atoms with van der Waals surface area (Å²) in [6.45, 7) is 2.83. The SMILES string of the molecule is COc1cc(OC)c(-c2ccccc2-c2cn3ccc(N4CC[C@H](NCc5ccncc5)C4)cc3n2)cc1Cl. The number of pyridine rings is 2. The number of nitrogens with one attached hydrogen (secondary N) is 1. The van der Waals surface area contributed by atoms with Crippen molar-refractivity contribution in [2.45, 2.75) is 19.0 Å². The first-order valence-electron chi connectivity index (χ1n) is 13.0. The number of halogens is 1. The van der Waals surface area contributed by atoms with Gasteiger partial charge in [-0.25, -0.2) is 4.98 Å². The van der Waals surface area contributed by atoms with Gasteiger partial charge in [-0.05, 0) is 41.8 Å². The lowest BCUT2D eigenvalue weighted by Crippen LogP contribution is -2.32. The van der Waals surface area contributed by atoms with Gasteiger partial charge in [0.2, 0.25) is 0 Å². The number of rotatable bonds is 8. The molecule has 0 unspecified atom stereocenters. The topological polar surface area (TPSA) is 63.9 Å². The Balaban J connectivity index is 1.26. The Hall–Kier alpha value is -4.07. The van der Waals surface area contributed by atoms with E-state index in [0.717, 1.165) is 54.1 Å². The summed E-state index contributed by atoms with van der Waals surface area (Å²) in [7, 11) is 3.25. The standard InChI is InChI=1S/C31H30ClN5O2/c1-38-29-17-30(39-2)27(32)16-26(29)24-5-3-4-6-25(24)28-20-37-14-10-23(15-31(37)35-28)36-13-9-22(19-36)34-18-21-7-11-33-12-8-21/h3-8,10-12,14-17,20,22,34H,9,13,18-19H2,1-2H3/t22-/m0/s1. The fourth-order valence-corrected chi connectivity index (χ4v) is 5.47. The molecular formula is C31H30ClN5O2. The fraction of sp³-hybridized carbons (Fsp3) is 0.226. The number of ether oxygens (including phenoxy) is 2. The molecular weight excluding hydrogens is 510 g/mol. The molecule has 198 valence electrons. The predicted octanol–water partition coefficient (Wildman–Crippen LogP) is 6.10. The molecule has 1 aliphatic rings. The summed E-state index contributed by atoms with van der Waals surface area (Å²) in [4.78, 5) is 11.6. The van der Waals surface area contributed by atoms with Crippen molar-refractivity contribution < 1.29 is 9.47 Å². The van der Waals surface area contributed by atoms with Crippen LogP contribution in [0.15, 0.2) is 85.5 Å². The highest BCUT2D eigenvalue weighted by molar-refractivity contribution is 6.32. The molecule has 4 heterocycles. The van der Waals surface area contributed by atoms with Crippen LogP contribution in [0.3, 0.4) is 0 Å². The molecule has 39 heavy (non-hydrogen) atoms. The van der Waals surface area contributed by atoms with Gasteiger partial charge < -0.3 is 24.1 Å². The third-order valence-electron chi connectivity index (χ3n) is 7.31. The van der Waals surface area contributed by atoms with Crippen LogP contribution < -0.4 is 19.7 Å². The number of hydrogen-bond acceptors (Lipinski definition) is 6. The number of aromatic nitrogens is 3. The number of methoxy groups -OCH3 is 2. The van der Waals surface area contributed by atoms with Crippen LogP contribution in [0.25, 0.3) is 28.0 Å². The molecule has 7 nitrogen and oxygen atoms in total. The minimum Gasteiger partial charge on any atom is -0.496 e. The van der Waals surface area contributed by atoms with E-state index in [4.69, 9.17) is 26.1 Å². The van der Waals surface area contributed by atoms with Gasteiger partial charge in [0, 0.05) is 79.4 Å². The van der Waals surface area contributed by atoms with Crippen molar-refractivity contribution in [3.63, 3.8) is 0 Å². The Morgan fingerprint density at radius 3 is 2.54 bits per heavy atom. The van der Waals surface area contributed by atoms with Crippen LogP contribution in [-0.2, 0) is 6.54 Å². The Labute approximate surface area is 233 Å². The summed E-state index contributed by atoms with van der Waals surface area (Å²) < 4.78 is 13.2. The minimum absolute atomic E-state index is 0.447. The van der Waals surface area contributed by atoms with Gasteiger partial charge in [-0.3, -0.25) is 4.98 Å². The molecule has 5 aromatic rings. The van der Waals surface area contributed by atoms with Crippen molar-refractivity contribution in [2.24, 2.45) is 0 Å². The maximum absolute atomic E-state index is 6.50. The van der Waals surface area contributed by atoms with Gasteiger partial charge in [-0.2, -0.15) is 0 Å². The van der Waals surface area contributed by atoms with E-state index < -0.39 is 0 Å². The lowest BCUT2D eigenvalue weighted by molar-refractivity contribution is 0.395. The Bertz CT molecular complexity index is 1600. The van der Waals surface area contributed by atoms with Gasteiger partial charge in [0.25, 0.3) is 0 Å². The van der Waals surface area contributed by atoms with Crippen molar-refractivity contribution >= 4 is 22.9 Å². The first kappa shape index (κ1) is 25.2. The second-order valence-electron chi connectivity index (χ2n) is 9.68. The number of benzene rings is 2. The van der Waals surface area contributed by atoms with E-state index in [1.165, 1.54) is 11.3 Å². The molecule has 1 fully saturated rings. The maximum Gasteiger partial charge on any atom is 0.141 e. The zero-order valence-corrected chi connectivity index (χ0v) is 22.7. The highest BCUT2D eigenvalue weighted by Crippen LogP contribution is 2.42. The zero-order valence-electron chi connectivity index (χ0n) is 22.0. The second kappa shape index (κ2) is 11.0. The molecule has 0 aliphatic carbocycles. The molecule has 0 saturated carbocycles.